The van der Waals surface area contributed by atoms with Crippen molar-refractivity contribution in [3.8, 4) is 0 Å². The van der Waals surface area contributed by atoms with Crippen LogP contribution in [0, 0.1) is 5.82 Å². The van der Waals surface area contributed by atoms with Gasteiger partial charge in [-0.1, -0.05) is 30.7 Å². The molecule has 1 atom stereocenters. The number of imide groups is 1. The molecule has 178 valence electrons. The summed E-state index contributed by atoms with van der Waals surface area (Å²) in [5, 5.41) is 2.29. The summed E-state index contributed by atoms with van der Waals surface area (Å²) in [6.07, 6.45) is 4.32. The minimum atomic E-state index is -0.748. The van der Waals surface area contributed by atoms with Gasteiger partial charge in [0.15, 0.2) is 0 Å². The quantitative estimate of drug-likeness (QED) is 0.501. The number of fused-ring (bicyclic) bond motifs is 1. The number of likely N-dealkylation sites (tertiary alicyclic amines) is 1. The Bertz CT molecular complexity index is 1120. The van der Waals surface area contributed by atoms with Gasteiger partial charge in [0, 0.05) is 35.7 Å². The molecular formula is C26H28FN3O3S. The molecule has 8 heteroatoms. The highest BCUT2D eigenvalue weighted by Gasteiger charge is 2.41. The second kappa shape index (κ2) is 9.88. The van der Waals surface area contributed by atoms with Gasteiger partial charge in [0.25, 0.3) is 5.91 Å². The lowest BCUT2D eigenvalue weighted by molar-refractivity contribution is -0.136. The van der Waals surface area contributed by atoms with Gasteiger partial charge in [-0.2, -0.15) is 0 Å². The maximum absolute atomic E-state index is 14.6. The number of amides is 3. The molecule has 3 aliphatic heterocycles. The summed E-state index contributed by atoms with van der Waals surface area (Å²) in [6, 6.07) is 10.9. The fourth-order valence-electron chi connectivity index (χ4n) is 5.02. The van der Waals surface area contributed by atoms with Crippen LogP contribution < -0.4 is 5.32 Å². The van der Waals surface area contributed by atoms with Crippen LogP contribution in [0.1, 0.15) is 59.2 Å². The number of hydrogen-bond acceptors (Lipinski definition) is 5. The standard InChI is InChI=1S/C26H28FN3O3S/c27-20-8-10-22(19-15-30(26(33)24(19)20)21-9-11-23(31)28-25(21)32)34-16-18-6-4-17(5-7-18)14-29-12-2-1-3-13-29/h4-8,10,21H,1-3,9,11-16H2,(H,28,31,32). The largest absolute Gasteiger partial charge is 0.322 e. The molecule has 2 fully saturated rings. The van der Waals surface area contributed by atoms with Gasteiger partial charge in [-0.25, -0.2) is 4.39 Å². The second-order valence-corrected chi connectivity index (χ2v) is 10.3. The van der Waals surface area contributed by atoms with Gasteiger partial charge >= 0.3 is 0 Å². The monoisotopic (exact) mass is 481 g/mol. The van der Waals surface area contributed by atoms with E-state index in [1.165, 1.54) is 48.9 Å². The Kier molecular flexibility index (Phi) is 6.70. The molecule has 0 spiro atoms. The topological polar surface area (TPSA) is 69.7 Å². The summed E-state index contributed by atoms with van der Waals surface area (Å²) in [5.41, 5.74) is 3.15. The fraction of sp³-hybridized carbons (Fsp3) is 0.423. The Hall–Kier alpha value is -2.71. The SMILES string of the molecule is O=C1CCC(N2Cc3c(SCc4ccc(CN5CCCCC5)cc4)ccc(F)c3C2=O)C(=O)N1. The van der Waals surface area contributed by atoms with Gasteiger partial charge in [0.05, 0.1) is 5.56 Å². The van der Waals surface area contributed by atoms with Gasteiger partial charge in [-0.3, -0.25) is 24.6 Å². The highest BCUT2D eigenvalue weighted by atomic mass is 32.2. The maximum atomic E-state index is 14.6. The van der Waals surface area contributed by atoms with Crippen molar-refractivity contribution in [1.29, 1.82) is 0 Å². The molecule has 1 unspecified atom stereocenters. The first-order valence-electron chi connectivity index (χ1n) is 11.9. The summed E-state index contributed by atoms with van der Waals surface area (Å²) in [5.74, 6) is -1.17. The van der Waals surface area contributed by atoms with Crippen LogP contribution in [-0.4, -0.2) is 46.7 Å². The Morgan fingerprint density at radius 3 is 2.44 bits per heavy atom. The zero-order valence-electron chi connectivity index (χ0n) is 19.0. The molecule has 6 nitrogen and oxygen atoms in total. The zero-order chi connectivity index (χ0) is 23.7. The summed E-state index contributed by atoms with van der Waals surface area (Å²) in [6.45, 7) is 3.50. The molecule has 0 aromatic heterocycles. The number of nitrogens with one attached hydrogen (secondary N) is 1. The molecule has 3 heterocycles. The van der Waals surface area contributed by atoms with Gasteiger partial charge in [-0.15, -0.1) is 11.8 Å². The molecule has 0 radical (unpaired) electrons. The van der Waals surface area contributed by atoms with Crippen LogP contribution in [-0.2, 0) is 28.4 Å². The fourth-order valence-corrected chi connectivity index (χ4v) is 6.04. The summed E-state index contributed by atoms with van der Waals surface area (Å²) in [4.78, 5) is 41.5. The number of benzene rings is 2. The van der Waals surface area contributed by atoms with Crippen molar-refractivity contribution in [2.24, 2.45) is 0 Å². The van der Waals surface area contributed by atoms with Gasteiger partial charge in [0.2, 0.25) is 11.8 Å². The number of thioether (sulfide) groups is 1. The maximum Gasteiger partial charge on any atom is 0.258 e. The van der Waals surface area contributed by atoms with Crippen molar-refractivity contribution in [3.63, 3.8) is 0 Å². The van der Waals surface area contributed by atoms with Gasteiger partial charge in [-0.05, 0) is 55.6 Å². The normalized spacial score (nSPS) is 21.0. The molecule has 3 aliphatic rings. The molecule has 34 heavy (non-hydrogen) atoms. The molecule has 0 aliphatic carbocycles. The first kappa shape index (κ1) is 23.1. The highest BCUT2D eigenvalue weighted by molar-refractivity contribution is 7.98. The average molecular weight is 482 g/mol. The van der Waals surface area contributed by atoms with Crippen molar-refractivity contribution >= 4 is 29.5 Å². The van der Waals surface area contributed by atoms with Crippen LogP contribution in [0.3, 0.4) is 0 Å². The highest BCUT2D eigenvalue weighted by Crippen LogP contribution is 2.37. The van der Waals surface area contributed by atoms with Crippen molar-refractivity contribution in [3.05, 3.63) is 64.5 Å². The van der Waals surface area contributed by atoms with Gasteiger partial charge in [0.1, 0.15) is 11.9 Å². The number of carbonyl (C=O) groups excluding carboxylic acids is 3. The summed E-state index contributed by atoms with van der Waals surface area (Å²) >= 11 is 1.57. The van der Waals surface area contributed by atoms with Crippen LogP contribution >= 0.6 is 11.8 Å². The number of piperidine rings is 2. The Labute approximate surface area is 202 Å². The minimum Gasteiger partial charge on any atom is -0.322 e. The van der Waals surface area contributed by atoms with Gasteiger partial charge < -0.3 is 4.90 Å². The number of rotatable bonds is 6. The van der Waals surface area contributed by atoms with Crippen molar-refractivity contribution in [2.75, 3.05) is 13.1 Å². The lowest BCUT2D eigenvalue weighted by Gasteiger charge is -2.29. The molecule has 0 saturated carbocycles. The van der Waals surface area contributed by atoms with E-state index >= 15 is 0 Å². The Balaban J connectivity index is 1.26. The van der Waals surface area contributed by atoms with E-state index in [-0.39, 0.29) is 30.9 Å². The third-order valence-corrected chi connectivity index (χ3v) is 8.05. The summed E-state index contributed by atoms with van der Waals surface area (Å²) < 4.78 is 14.6. The first-order chi connectivity index (χ1) is 16.5. The van der Waals surface area contributed by atoms with E-state index in [0.717, 1.165) is 17.0 Å². The number of nitrogens with zero attached hydrogens (tertiary/aromatic N) is 2. The first-order valence-corrected chi connectivity index (χ1v) is 12.9. The number of halogens is 1. The van der Waals surface area contributed by atoms with Crippen LogP contribution in [0.25, 0.3) is 0 Å². The molecular weight excluding hydrogens is 453 g/mol. The summed E-state index contributed by atoms with van der Waals surface area (Å²) in [7, 11) is 0. The lowest BCUT2D eigenvalue weighted by Crippen LogP contribution is -2.52. The van der Waals surface area contributed by atoms with Crippen LogP contribution in [0.4, 0.5) is 4.39 Å². The molecule has 2 aromatic carbocycles. The molecule has 2 aromatic rings. The molecule has 2 saturated heterocycles. The number of carbonyl (C=O) groups is 3. The molecule has 1 N–H and O–H groups in total. The average Bonchev–Trinajstić information content (AvgIpc) is 3.18. The van der Waals surface area contributed by atoms with Crippen molar-refractivity contribution in [1.82, 2.24) is 15.1 Å². The van der Waals surface area contributed by atoms with E-state index in [0.29, 0.717) is 11.3 Å². The predicted molar refractivity (Wildman–Crippen MR) is 128 cm³/mol. The molecule has 0 bridgehead atoms. The van der Waals surface area contributed by atoms with Crippen molar-refractivity contribution in [2.45, 2.75) is 61.9 Å². The van der Waals surface area contributed by atoms with E-state index in [2.05, 4.69) is 34.5 Å². The minimum absolute atomic E-state index is 0.0478. The lowest BCUT2D eigenvalue weighted by atomic mass is 10.0. The van der Waals surface area contributed by atoms with E-state index in [1.807, 2.05) is 0 Å². The third-order valence-electron chi connectivity index (χ3n) is 6.88. The molecule has 5 rings (SSSR count). The zero-order valence-corrected chi connectivity index (χ0v) is 19.8. The predicted octanol–water partition coefficient (Wildman–Crippen LogP) is 3.86. The van der Waals surface area contributed by atoms with Crippen LogP contribution in [0.15, 0.2) is 41.3 Å². The van der Waals surface area contributed by atoms with E-state index < -0.39 is 23.7 Å². The van der Waals surface area contributed by atoms with E-state index in [4.69, 9.17) is 0 Å². The van der Waals surface area contributed by atoms with Crippen LogP contribution in [0.5, 0.6) is 0 Å². The second-order valence-electron chi connectivity index (χ2n) is 9.24. The Morgan fingerprint density at radius 1 is 0.971 bits per heavy atom. The third kappa shape index (κ3) is 4.74. The molecule has 3 amide bonds. The smallest absolute Gasteiger partial charge is 0.258 e. The van der Waals surface area contributed by atoms with Crippen LogP contribution in [0.2, 0.25) is 0 Å². The van der Waals surface area contributed by atoms with Crippen molar-refractivity contribution < 1.29 is 18.8 Å². The Morgan fingerprint density at radius 2 is 1.71 bits per heavy atom. The van der Waals surface area contributed by atoms with E-state index in [9.17, 15) is 18.8 Å². The number of hydrogen-bond donors (Lipinski definition) is 1. The van der Waals surface area contributed by atoms with E-state index in [1.54, 1.807) is 17.8 Å².